The van der Waals surface area contributed by atoms with Gasteiger partial charge in [0, 0.05) is 50.4 Å². The van der Waals surface area contributed by atoms with E-state index in [-0.39, 0.29) is 11.8 Å². The molecule has 0 atom stereocenters. The van der Waals surface area contributed by atoms with E-state index >= 15 is 0 Å². The summed E-state index contributed by atoms with van der Waals surface area (Å²) < 4.78 is 28.2. The zero-order valence-corrected chi connectivity index (χ0v) is 18.6. The van der Waals surface area contributed by atoms with Crippen molar-refractivity contribution >= 4 is 21.6 Å². The smallest absolute Gasteiger partial charge is 0.243 e. The van der Waals surface area contributed by atoms with E-state index in [0.717, 1.165) is 50.0 Å². The van der Waals surface area contributed by atoms with Gasteiger partial charge in [-0.05, 0) is 55.9 Å². The van der Waals surface area contributed by atoms with Crippen molar-refractivity contribution in [2.45, 2.75) is 68.7 Å². The monoisotopic (exact) mass is 431 g/mol. The first-order valence-corrected chi connectivity index (χ1v) is 13.2. The van der Waals surface area contributed by atoms with Crippen LogP contribution in [0.1, 0.15) is 56.9 Å². The van der Waals surface area contributed by atoms with Crippen LogP contribution in [0.4, 0.5) is 5.69 Å². The second-order valence-electron chi connectivity index (χ2n) is 9.39. The van der Waals surface area contributed by atoms with Crippen molar-refractivity contribution in [3.05, 3.63) is 23.8 Å². The number of nitrogens with zero attached hydrogens (tertiary/aromatic N) is 3. The molecule has 0 radical (unpaired) electrons. The predicted octanol–water partition coefficient (Wildman–Crippen LogP) is 3.01. The highest BCUT2D eigenvalue weighted by Gasteiger charge is 2.35. The number of piperazine rings is 1. The number of hydrogen-bond donors (Lipinski definition) is 0. The summed E-state index contributed by atoms with van der Waals surface area (Å²) in [6.07, 6.45) is 10.3. The largest absolute Gasteiger partial charge is 0.312 e. The van der Waals surface area contributed by atoms with Gasteiger partial charge in [-0.3, -0.25) is 9.69 Å². The SMILES string of the molecule is O=C(C1CCC1)N1CCc2cc(S(=O)(=O)N3CCN(C4CCCCC4)CC3)ccc21. The molecule has 0 aromatic heterocycles. The second-order valence-corrected chi connectivity index (χ2v) is 11.3. The number of carbonyl (C=O) groups excluding carboxylic acids is 1. The Morgan fingerprint density at radius 3 is 2.27 bits per heavy atom. The molecular weight excluding hydrogens is 398 g/mol. The highest BCUT2D eigenvalue weighted by Crippen LogP contribution is 2.36. The summed E-state index contributed by atoms with van der Waals surface area (Å²) in [7, 11) is -3.48. The summed E-state index contributed by atoms with van der Waals surface area (Å²) in [6.45, 7) is 3.48. The van der Waals surface area contributed by atoms with Crippen molar-refractivity contribution in [1.29, 1.82) is 0 Å². The zero-order valence-electron chi connectivity index (χ0n) is 17.8. The lowest BCUT2D eigenvalue weighted by molar-refractivity contribution is -0.124. The van der Waals surface area contributed by atoms with E-state index in [2.05, 4.69) is 4.90 Å². The quantitative estimate of drug-likeness (QED) is 0.735. The molecule has 6 nitrogen and oxygen atoms in total. The number of fused-ring (bicyclic) bond motifs is 1. The van der Waals surface area contributed by atoms with Crippen LogP contribution < -0.4 is 4.90 Å². The summed E-state index contributed by atoms with van der Waals surface area (Å²) in [4.78, 5) is 17.4. The topological polar surface area (TPSA) is 60.9 Å². The minimum atomic E-state index is -3.48. The van der Waals surface area contributed by atoms with Gasteiger partial charge in [-0.25, -0.2) is 8.42 Å². The van der Waals surface area contributed by atoms with Gasteiger partial charge in [0.05, 0.1) is 4.90 Å². The molecule has 164 valence electrons. The summed E-state index contributed by atoms with van der Waals surface area (Å²) in [5.74, 6) is 0.384. The van der Waals surface area contributed by atoms with Gasteiger partial charge in [0.1, 0.15) is 0 Å². The lowest BCUT2D eigenvalue weighted by Gasteiger charge is -2.40. The molecule has 2 aliphatic heterocycles. The molecule has 4 aliphatic rings. The van der Waals surface area contributed by atoms with Crippen LogP contribution in [0.2, 0.25) is 0 Å². The Hall–Kier alpha value is -1.44. The van der Waals surface area contributed by atoms with Gasteiger partial charge in [0.15, 0.2) is 0 Å². The van der Waals surface area contributed by atoms with Crippen LogP contribution in [0, 0.1) is 5.92 Å². The van der Waals surface area contributed by atoms with Crippen molar-refractivity contribution in [2.75, 3.05) is 37.6 Å². The van der Waals surface area contributed by atoms with Gasteiger partial charge in [0.25, 0.3) is 0 Å². The fourth-order valence-corrected chi connectivity index (χ4v) is 7.02. The van der Waals surface area contributed by atoms with Crippen molar-refractivity contribution in [3.8, 4) is 0 Å². The van der Waals surface area contributed by atoms with Gasteiger partial charge in [0.2, 0.25) is 15.9 Å². The molecule has 0 bridgehead atoms. The van der Waals surface area contributed by atoms with Crippen molar-refractivity contribution in [3.63, 3.8) is 0 Å². The Bertz CT molecular complexity index is 898. The lowest BCUT2D eigenvalue weighted by atomic mass is 9.84. The van der Waals surface area contributed by atoms with Crippen LogP contribution in [-0.4, -0.2) is 62.3 Å². The van der Waals surface area contributed by atoms with E-state index in [9.17, 15) is 13.2 Å². The molecule has 1 aromatic rings. The van der Waals surface area contributed by atoms with Gasteiger partial charge in [-0.2, -0.15) is 4.31 Å². The normalized spacial score (nSPS) is 24.6. The molecule has 1 saturated heterocycles. The first-order chi connectivity index (χ1) is 14.5. The highest BCUT2D eigenvalue weighted by atomic mass is 32.2. The molecule has 30 heavy (non-hydrogen) atoms. The van der Waals surface area contributed by atoms with E-state index in [1.54, 1.807) is 10.4 Å². The van der Waals surface area contributed by atoms with Gasteiger partial charge >= 0.3 is 0 Å². The van der Waals surface area contributed by atoms with Crippen LogP contribution in [0.15, 0.2) is 23.1 Å². The Morgan fingerprint density at radius 2 is 1.60 bits per heavy atom. The van der Waals surface area contributed by atoms with Crippen molar-refractivity contribution in [1.82, 2.24) is 9.21 Å². The lowest BCUT2D eigenvalue weighted by Crippen LogP contribution is -2.52. The molecule has 2 saturated carbocycles. The van der Waals surface area contributed by atoms with E-state index in [4.69, 9.17) is 0 Å². The number of benzene rings is 1. The van der Waals surface area contributed by atoms with Gasteiger partial charge in [-0.15, -0.1) is 0 Å². The third-order valence-corrected chi connectivity index (χ3v) is 9.56. The molecular formula is C23H33N3O3S. The number of anilines is 1. The third-order valence-electron chi connectivity index (χ3n) is 7.67. The molecule has 1 aromatic carbocycles. The molecule has 3 fully saturated rings. The van der Waals surface area contributed by atoms with Gasteiger partial charge in [-0.1, -0.05) is 25.7 Å². The molecule has 0 N–H and O–H groups in total. The molecule has 2 heterocycles. The van der Waals surface area contributed by atoms with Crippen LogP contribution in [0.5, 0.6) is 0 Å². The summed E-state index contributed by atoms with van der Waals surface area (Å²) in [5.41, 5.74) is 1.90. The number of hydrogen-bond acceptors (Lipinski definition) is 4. The maximum Gasteiger partial charge on any atom is 0.243 e. The van der Waals surface area contributed by atoms with Gasteiger partial charge < -0.3 is 4.90 Å². The Labute approximate surface area is 180 Å². The zero-order chi connectivity index (χ0) is 20.7. The fraction of sp³-hybridized carbons (Fsp3) is 0.696. The maximum absolute atomic E-state index is 13.3. The summed E-state index contributed by atoms with van der Waals surface area (Å²) in [6, 6.07) is 6.01. The highest BCUT2D eigenvalue weighted by molar-refractivity contribution is 7.89. The number of amides is 1. The number of rotatable bonds is 4. The molecule has 1 amide bonds. The molecule has 5 rings (SSSR count). The Balaban J connectivity index is 1.27. The van der Waals surface area contributed by atoms with Crippen molar-refractivity contribution < 1.29 is 13.2 Å². The average Bonchev–Trinajstić information content (AvgIpc) is 3.16. The second kappa shape index (κ2) is 8.24. The first kappa shape index (κ1) is 20.5. The fourth-order valence-electron chi connectivity index (χ4n) is 5.55. The minimum absolute atomic E-state index is 0.166. The van der Waals surface area contributed by atoms with Crippen molar-refractivity contribution in [2.24, 2.45) is 5.92 Å². The minimum Gasteiger partial charge on any atom is -0.312 e. The number of carbonyl (C=O) groups is 1. The maximum atomic E-state index is 13.3. The third kappa shape index (κ3) is 3.69. The van der Waals surface area contributed by atoms with Crippen LogP contribution in [-0.2, 0) is 21.2 Å². The van der Waals surface area contributed by atoms with E-state index < -0.39 is 10.0 Å². The van der Waals surface area contributed by atoms with Crippen LogP contribution in [0.25, 0.3) is 0 Å². The Kier molecular flexibility index (Phi) is 5.62. The molecule has 2 aliphatic carbocycles. The predicted molar refractivity (Wildman–Crippen MR) is 117 cm³/mol. The summed E-state index contributed by atoms with van der Waals surface area (Å²) >= 11 is 0. The first-order valence-electron chi connectivity index (χ1n) is 11.7. The standard InChI is InChI=1S/C23H33N3O3S/c27-23(18-5-4-6-18)26-12-11-19-17-21(9-10-22(19)26)30(28,29)25-15-13-24(14-16-25)20-7-2-1-3-8-20/h9-10,17-18,20H,1-8,11-16H2. The summed E-state index contributed by atoms with van der Waals surface area (Å²) in [5, 5.41) is 0. The van der Waals surface area contributed by atoms with Crippen LogP contribution >= 0.6 is 0 Å². The molecule has 0 spiro atoms. The average molecular weight is 432 g/mol. The van der Waals surface area contributed by atoms with E-state index in [1.165, 1.54) is 32.1 Å². The van der Waals surface area contributed by atoms with E-state index in [1.807, 2.05) is 17.0 Å². The van der Waals surface area contributed by atoms with Crippen LogP contribution in [0.3, 0.4) is 0 Å². The van der Waals surface area contributed by atoms with E-state index in [0.29, 0.717) is 30.6 Å². The molecule has 0 unspecified atom stereocenters. The molecule has 7 heteroatoms. The Morgan fingerprint density at radius 1 is 0.867 bits per heavy atom. The number of sulfonamides is 1.